The molecular formula is C21H26N2O2. The molecule has 0 unspecified atom stereocenters. The Hall–Kier alpha value is -2.62. The summed E-state index contributed by atoms with van der Waals surface area (Å²) in [5.74, 6) is -0.279. The Bertz CT molecular complexity index is 731. The van der Waals surface area contributed by atoms with Crippen LogP contribution in [0.15, 0.2) is 42.5 Å². The van der Waals surface area contributed by atoms with Crippen LogP contribution in [0.4, 0.5) is 5.69 Å². The average molecular weight is 338 g/mol. The molecule has 0 bridgehead atoms. The van der Waals surface area contributed by atoms with Crippen LogP contribution in [0.5, 0.6) is 0 Å². The average Bonchev–Trinajstić information content (AvgIpc) is 2.54. The van der Waals surface area contributed by atoms with Crippen LogP contribution in [0.1, 0.15) is 29.2 Å². The largest absolute Gasteiger partial charge is 0.354 e. The van der Waals surface area contributed by atoms with Crippen molar-refractivity contribution < 1.29 is 9.59 Å². The summed E-state index contributed by atoms with van der Waals surface area (Å²) >= 11 is 0. The summed E-state index contributed by atoms with van der Waals surface area (Å²) in [5.41, 5.74) is 5.16. The molecule has 0 heterocycles. The number of amides is 2. The molecule has 0 aliphatic heterocycles. The van der Waals surface area contributed by atoms with Gasteiger partial charge in [-0.05, 0) is 43.9 Å². The van der Waals surface area contributed by atoms with E-state index in [1.165, 1.54) is 12.5 Å². The first-order valence-corrected chi connectivity index (χ1v) is 8.55. The Morgan fingerprint density at radius 3 is 2.16 bits per heavy atom. The van der Waals surface area contributed by atoms with Crippen molar-refractivity contribution in [1.29, 1.82) is 0 Å². The van der Waals surface area contributed by atoms with Crippen molar-refractivity contribution in [1.82, 2.24) is 5.32 Å². The van der Waals surface area contributed by atoms with E-state index in [0.29, 0.717) is 6.54 Å². The minimum atomic E-state index is -0.148. The lowest BCUT2D eigenvalue weighted by Crippen LogP contribution is -2.41. The second-order valence-electron chi connectivity index (χ2n) is 6.44. The quantitative estimate of drug-likeness (QED) is 0.878. The summed E-state index contributed by atoms with van der Waals surface area (Å²) in [4.78, 5) is 26.0. The van der Waals surface area contributed by atoms with Crippen molar-refractivity contribution in [2.75, 3.05) is 18.0 Å². The molecule has 1 N–H and O–H groups in total. The molecule has 0 spiro atoms. The van der Waals surface area contributed by atoms with E-state index in [0.717, 1.165) is 28.8 Å². The van der Waals surface area contributed by atoms with Gasteiger partial charge in [0.2, 0.25) is 11.8 Å². The van der Waals surface area contributed by atoms with Crippen LogP contribution in [0, 0.1) is 20.8 Å². The third-order valence-electron chi connectivity index (χ3n) is 4.17. The summed E-state index contributed by atoms with van der Waals surface area (Å²) < 4.78 is 0. The topological polar surface area (TPSA) is 49.4 Å². The third kappa shape index (κ3) is 5.18. The second-order valence-corrected chi connectivity index (χ2v) is 6.44. The zero-order valence-corrected chi connectivity index (χ0v) is 15.4. The fourth-order valence-electron chi connectivity index (χ4n) is 3.14. The smallest absolute Gasteiger partial charge is 0.240 e. The number of nitrogens with zero attached hydrogens (tertiary/aromatic N) is 1. The maximum atomic E-state index is 12.3. The Balaban J connectivity index is 2.02. The van der Waals surface area contributed by atoms with Gasteiger partial charge in [-0.3, -0.25) is 9.59 Å². The highest BCUT2D eigenvalue weighted by molar-refractivity contribution is 5.98. The Kier molecular flexibility index (Phi) is 6.34. The Morgan fingerprint density at radius 1 is 1.00 bits per heavy atom. The molecule has 0 radical (unpaired) electrons. The first kappa shape index (κ1) is 18.7. The van der Waals surface area contributed by atoms with E-state index in [1.54, 1.807) is 4.90 Å². The van der Waals surface area contributed by atoms with E-state index in [4.69, 9.17) is 0 Å². The molecule has 2 aromatic carbocycles. The van der Waals surface area contributed by atoms with Crippen LogP contribution < -0.4 is 10.2 Å². The van der Waals surface area contributed by atoms with Crippen molar-refractivity contribution >= 4 is 17.5 Å². The maximum Gasteiger partial charge on any atom is 0.240 e. The summed E-state index contributed by atoms with van der Waals surface area (Å²) in [6, 6.07) is 14.1. The van der Waals surface area contributed by atoms with E-state index in [9.17, 15) is 9.59 Å². The summed E-state index contributed by atoms with van der Waals surface area (Å²) in [7, 11) is 0. The van der Waals surface area contributed by atoms with Crippen LogP contribution in [0.3, 0.4) is 0 Å². The summed E-state index contributed by atoms with van der Waals surface area (Å²) in [6.45, 7) is 8.06. The van der Waals surface area contributed by atoms with Gasteiger partial charge >= 0.3 is 0 Å². The number of anilines is 1. The van der Waals surface area contributed by atoms with Crippen LogP contribution in [-0.4, -0.2) is 24.9 Å². The van der Waals surface area contributed by atoms with Gasteiger partial charge in [0.1, 0.15) is 6.54 Å². The number of hydrogen-bond donors (Lipinski definition) is 1. The predicted octanol–water partition coefficient (Wildman–Crippen LogP) is 3.32. The standard InChI is InChI=1S/C21H26N2O2/c1-15-12-16(2)21(17(3)13-15)23(18(4)24)14-20(25)22-11-10-19-8-6-5-7-9-19/h5-9,12-13H,10-11,14H2,1-4H3,(H,22,25). The number of aryl methyl sites for hydroxylation is 3. The maximum absolute atomic E-state index is 12.3. The van der Waals surface area contributed by atoms with Crippen LogP contribution >= 0.6 is 0 Å². The zero-order chi connectivity index (χ0) is 18.4. The number of carbonyl (C=O) groups is 2. The van der Waals surface area contributed by atoms with Crippen molar-refractivity contribution in [2.45, 2.75) is 34.1 Å². The van der Waals surface area contributed by atoms with Crippen LogP contribution in [0.2, 0.25) is 0 Å². The summed E-state index contributed by atoms with van der Waals surface area (Å²) in [5, 5.41) is 2.90. The molecule has 0 saturated carbocycles. The molecule has 25 heavy (non-hydrogen) atoms. The number of rotatable bonds is 6. The lowest BCUT2D eigenvalue weighted by Gasteiger charge is -2.25. The molecule has 0 fully saturated rings. The fourth-order valence-corrected chi connectivity index (χ4v) is 3.14. The Labute approximate surface area is 149 Å². The van der Waals surface area contributed by atoms with Gasteiger partial charge in [0.15, 0.2) is 0 Å². The van der Waals surface area contributed by atoms with Gasteiger partial charge in [-0.2, -0.15) is 0 Å². The minimum absolute atomic E-state index is 0.0366. The molecule has 4 nitrogen and oxygen atoms in total. The Morgan fingerprint density at radius 2 is 1.60 bits per heavy atom. The predicted molar refractivity (Wildman–Crippen MR) is 102 cm³/mol. The van der Waals surface area contributed by atoms with Crippen LogP contribution in [-0.2, 0) is 16.0 Å². The molecule has 2 amide bonds. The van der Waals surface area contributed by atoms with E-state index < -0.39 is 0 Å². The lowest BCUT2D eigenvalue weighted by atomic mass is 10.0. The van der Waals surface area contributed by atoms with Gasteiger partial charge in [0.05, 0.1) is 5.69 Å². The first-order valence-electron chi connectivity index (χ1n) is 8.55. The van der Waals surface area contributed by atoms with Crippen molar-refractivity contribution in [3.63, 3.8) is 0 Å². The van der Waals surface area contributed by atoms with E-state index in [1.807, 2.05) is 63.2 Å². The summed E-state index contributed by atoms with van der Waals surface area (Å²) in [6.07, 6.45) is 0.773. The van der Waals surface area contributed by atoms with Crippen LogP contribution in [0.25, 0.3) is 0 Å². The number of carbonyl (C=O) groups excluding carboxylic acids is 2. The van der Waals surface area contributed by atoms with E-state index >= 15 is 0 Å². The molecule has 0 aromatic heterocycles. The number of hydrogen-bond acceptors (Lipinski definition) is 2. The molecule has 0 aliphatic rings. The van der Waals surface area contributed by atoms with Gasteiger partial charge in [-0.1, -0.05) is 48.0 Å². The minimum Gasteiger partial charge on any atom is -0.354 e. The third-order valence-corrected chi connectivity index (χ3v) is 4.17. The first-order chi connectivity index (χ1) is 11.9. The van der Waals surface area contributed by atoms with Crippen molar-refractivity contribution in [3.8, 4) is 0 Å². The molecule has 2 aromatic rings. The normalized spacial score (nSPS) is 10.4. The van der Waals surface area contributed by atoms with E-state index in [-0.39, 0.29) is 18.4 Å². The number of nitrogens with one attached hydrogen (secondary N) is 1. The highest BCUT2D eigenvalue weighted by atomic mass is 16.2. The van der Waals surface area contributed by atoms with Crippen molar-refractivity contribution in [3.05, 3.63) is 64.7 Å². The van der Waals surface area contributed by atoms with E-state index in [2.05, 4.69) is 5.32 Å². The van der Waals surface area contributed by atoms with Gasteiger partial charge < -0.3 is 10.2 Å². The molecule has 4 heteroatoms. The zero-order valence-electron chi connectivity index (χ0n) is 15.4. The molecule has 0 aliphatic carbocycles. The molecule has 0 atom stereocenters. The molecule has 2 rings (SSSR count). The molecule has 0 saturated heterocycles. The fraction of sp³-hybridized carbons (Fsp3) is 0.333. The number of benzene rings is 2. The van der Waals surface area contributed by atoms with Crippen molar-refractivity contribution in [2.24, 2.45) is 0 Å². The lowest BCUT2D eigenvalue weighted by molar-refractivity contribution is -0.123. The van der Waals surface area contributed by atoms with Gasteiger partial charge in [-0.25, -0.2) is 0 Å². The second kappa shape index (κ2) is 8.47. The SMILES string of the molecule is CC(=O)N(CC(=O)NCCc1ccccc1)c1c(C)cc(C)cc1C. The molecular weight excluding hydrogens is 312 g/mol. The monoisotopic (exact) mass is 338 g/mol. The highest BCUT2D eigenvalue weighted by Crippen LogP contribution is 2.26. The molecule has 132 valence electrons. The van der Waals surface area contributed by atoms with Gasteiger partial charge in [-0.15, -0.1) is 0 Å². The highest BCUT2D eigenvalue weighted by Gasteiger charge is 2.19. The van der Waals surface area contributed by atoms with Gasteiger partial charge in [0, 0.05) is 13.5 Å². The van der Waals surface area contributed by atoms with Gasteiger partial charge in [0.25, 0.3) is 0 Å².